The minimum Gasteiger partial charge on any atom is -0.330 e. The molecule has 1 aliphatic rings. The van der Waals surface area contributed by atoms with E-state index in [4.69, 9.17) is 0 Å². The van der Waals surface area contributed by atoms with E-state index in [1.54, 1.807) is 11.0 Å². The van der Waals surface area contributed by atoms with Crippen molar-refractivity contribution in [3.63, 3.8) is 0 Å². The third kappa shape index (κ3) is 2.82. The van der Waals surface area contributed by atoms with Gasteiger partial charge in [0.1, 0.15) is 29.5 Å². The summed E-state index contributed by atoms with van der Waals surface area (Å²) in [7, 11) is 0. The van der Waals surface area contributed by atoms with Crippen molar-refractivity contribution in [2.75, 3.05) is 5.32 Å². The molecule has 0 fully saturated rings. The zero-order valence-electron chi connectivity index (χ0n) is 15.2. The molecule has 2 amide bonds. The quantitative estimate of drug-likeness (QED) is 0.724. The second-order valence-corrected chi connectivity index (χ2v) is 6.76. The molecule has 0 aliphatic carbocycles. The Morgan fingerprint density at radius 2 is 2.07 bits per heavy atom. The van der Waals surface area contributed by atoms with Crippen LogP contribution < -0.4 is 10.9 Å². The number of pyridine rings is 1. The van der Waals surface area contributed by atoms with Crippen LogP contribution >= 0.6 is 0 Å². The number of nitrogens with zero attached hydrogens (tertiary/aromatic N) is 5. The predicted octanol–water partition coefficient (Wildman–Crippen LogP) is 1.03. The summed E-state index contributed by atoms with van der Waals surface area (Å²) >= 11 is 0. The summed E-state index contributed by atoms with van der Waals surface area (Å²) in [5.41, 5.74) is 0.463. The molecule has 0 saturated heterocycles. The Balaban J connectivity index is 1.75. The number of amides is 2. The second kappa shape index (κ2) is 6.55. The van der Waals surface area contributed by atoms with Crippen LogP contribution in [0.2, 0.25) is 0 Å². The maximum Gasteiger partial charge on any atom is 0.280 e. The van der Waals surface area contributed by atoms with Gasteiger partial charge in [-0.15, -0.1) is 0 Å². The number of carbonyl (C=O) groups excluding carboxylic acids is 2. The standard InChI is InChI=1S/C18H17FN6O3/c1-10(2)23-8-12-16(18(23)28)24(15-5-6-21-25(15)17(12)27)9-14(26)22-13-4-3-11(19)7-20-13/h3-7,10H,8-9H2,1-2H3,(H,20,22,26). The van der Waals surface area contributed by atoms with E-state index in [0.29, 0.717) is 11.2 Å². The summed E-state index contributed by atoms with van der Waals surface area (Å²) in [5, 5.41) is 6.58. The van der Waals surface area contributed by atoms with Crippen LogP contribution in [0.4, 0.5) is 10.2 Å². The molecule has 0 unspecified atom stereocenters. The van der Waals surface area contributed by atoms with E-state index >= 15 is 0 Å². The van der Waals surface area contributed by atoms with Crippen LogP contribution in [0, 0.1) is 5.82 Å². The van der Waals surface area contributed by atoms with Crippen LogP contribution in [-0.4, -0.2) is 41.9 Å². The summed E-state index contributed by atoms with van der Waals surface area (Å²) in [6.07, 6.45) is 2.43. The minimum absolute atomic E-state index is 0.0997. The van der Waals surface area contributed by atoms with E-state index < -0.39 is 11.7 Å². The number of nitrogens with one attached hydrogen (secondary N) is 1. The molecule has 1 aliphatic heterocycles. The summed E-state index contributed by atoms with van der Waals surface area (Å²) in [5.74, 6) is -1.11. The van der Waals surface area contributed by atoms with Crippen LogP contribution in [0.5, 0.6) is 0 Å². The highest BCUT2D eigenvalue weighted by Crippen LogP contribution is 2.24. The smallest absolute Gasteiger partial charge is 0.280 e. The molecule has 0 bridgehead atoms. The van der Waals surface area contributed by atoms with Gasteiger partial charge in [-0.1, -0.05) is 0 Å². The van der Waals surface area contributed by atoms with E-state index in [9.17, 15) is 18.8 Å². The molecule has 28 heavy (non-hydrogen) atoms. The number of halogens is 1. The lowest BCUT2D eigenvalue weighted by Gasteiger charge is -2.20. The van der Waals surface area contributed by atoms with Crippen molar-refractivity contribution in [3.05, 3.63) is 58.0 Å². The van der Waals surface area contributed by atoms with Crippen LogP contribution in [0.3, 0.4) is 0 Å². The maximum atomic E-state index is 13.0. The number of anilines is 1. The van der Waals surface area contributed by atoms with Crippen molar-refractivity contribution in [1.29, 1.82) is 0 Å². The summed E-state index contributed by atoms with van der Waals surface area (Å²) < 4.78 is 15.6. The molecule has 4 heterocycles. The van der Waals surface area contributed by atoms with Gasteiger partial charge < -0.3 is 14.8 Å². The number of aromatic nitrogens is 4. The van der Waals surface area contributed by atoms with Gasteiger partial charge in [-0.25, -0.2) is 9.37 Å². The molecule has 4 rings (SSSR count). The highest BCUT2D eigenvalue weighted by molar-refractivity contribution is 5.98. The predicted molar refractivity (Wildman–Crippen MR) is 97.3 cm³/mol. The zero-order valence-corrected chi connectivity index (χ0v) is 15.2. The van der Waals surface area contributed by atoms with E-state index in [0.717, 1.165) is 6.20 Å². The van der Waals surface area contributed by atoms with Crippen LogP contribution in [0.25, 0.3) is 5.65 Å². The average molecular weight is 384 g/mol. The van der Waals surface area contributed by atoms with Gasteiger partial charge in [0.2, 0.25) is 5.91 Å². The molecule has 0 spiro atoms. The fourth-order valence-electron chi connectivity index (χ4n) is 3.28. The Bertz CT molecular complexity index is 1150. The van der Waals surface area contributed by atoms with Gasteiger partial charge in [-0.05, 0) is 26.0 Å². The van der Waals surface area contributed by atoms with Crippen molar-refractivity contribution >= 4 is 23.3 Å². The zero-order chi connectivity index (χ0) is 20.0. The molecule has 3 aromatic rings. The summed E-state index contributed by atoms with van der Waals surface area (Å²) in [4.78, 5) is 43.5. The summed E-state index contributed by atoms with van der Waals surface area (Å²) in [6, 6.07) is 3.98. The molecule has 144 valence electrons. The number of fused-ring (bicyclic) bond motifs is 2. The van der Waals surface area contributed by atoms with Crippen molar-refractivity contribution in [1.82, 2.24) is 24.1 Å². The third-order valence-corrected chi connectivity index (χ3v) is 4.62. The first kappa shape index (κ1) is 17.8. The monoisotopic (exact) mass is 384 g/mol. The maximum absolute atomic E-state index is 13.0. The molecule has 0 saturated carbocycles. The largest absolute Gasteiger partial charge is 0.330 e. The second-order valence-electron chi connectivity index (χ2n) is 6.76. The van der Waals surface area contributed by atoms with E-state index in [2.05, 4.69) is 15.4 Å². The molecular formula is C18H17FN6O3. The first-order chi connectivity index (χ1) is 13.4. The summed E-state index contributed by atoms with van der Waals surface area (Å²) in [6.45, 7) is 3.66. The Kier molecular flexibility index (Phi) is 4.17. The number of hydrogen-bond donors (Lipinski definition) is 1. The highest BCUT2D eigenvalue weighted by atomic mass is 19.1. The van der Waals surface area contributed by atoms with Gasteiger partial charge in [0.05, 0.1) is 24.5 Å². The number of rotatable bonds is 4. The molecule has 9 nitrogen and oxygen atoms in total. The lowest BCUT2D eigenvalue weighted by molar-refractivity contribution is -0.116. The van der Waals surface area contributed by atoms with Crippen LogP contribution in [0.1, 0.15) is 29.9 Å². The van der Waals surface area contributed by atoms with Crippen molar-refractivity contribution < 1.29 is 14.0 Å². The fourth-order valence-corrected chi connectivity index (χ4v) is 3.28. The van der Waals surface area contributed by atoms with E-state index in [1.165, 1.54) is 27.4 Å². The van der Waals surface area contributed by atoms with Gasteiger partial charge in [0.25, 0.3) is 11.5 Å². The number of hydrogen-bond acceptors (Lipinski definition) is 5. The SMILES string of the molecule is CC(C)N1Cc2c(n(CC(=O)Nc3ccc(F)cn3)c3ccnn3c2=O)C1=O. The molecule has 0 radical (unpaired) electrons. The highest BCUT2D eigenvalue weighted by Gasteiger charge is 2.36. The molecule has 10 heteroatoms. The molecule has 0 atom stereocenters. The molecule has 1 N–H and O–H groups in total. The lowest BCUT2D eigenvalue weighted by Crippen LogP contribution is -2.32. The van der Waals surface area contributed by atoms with Gasteiger partial charge >= 0.3 is 0 Å². The van der Waals surface area contributed by atoms with Gasteiger partial charge in [0.15, 0.2) is 0 Å². The topological polar surface area (TPSA) is 102 Å². The minimum atomic E-state index is -0.517. The van der Waals surface area contributed by atoms with Crippen LogP contribution in [-0.2, 0) is 17.9 Å². The first-order valence-corrected chi connectivity index (χ1v) is 8.68. The third-order valence-electron chi connectivity index (χ3n) is 4.62. The van der Waals surface area contributed by atoms with Gasteiger partial charge in [-0.3, -0.25) is 14.4 Å². The van der Waals surface area contributed by atoms with E-state index in [1.807, 2.05) is 13.8 Å². The number of carbonyl (C=O) groups is 2. The van der Waals surface area contributed by atoms with Gasteiger partial charge in [0, 0.05) is 12.1 Å². The Morgan fingerprint density at radius 3 is 2.75 bits per heavy atom. The molecule has 0 aromatic carbocycles. The van der Waals surface area contributed by atoms with Gasteiger partial charge in [-0.2, -0.15) is 9.61 Å². The fraction of sp³-hybridized carbons (Fsp3) is 0.278. The van der Waals surface area contributed by atoms with Crippen LogP contribution in [0.15, 0.2) is 35.4 Å². The average Bonchev–Trinajstić information content (AvgIpc) is 3.26. The first-order valence-electron chi connectivity index (χ1n) is 8.68. The Morgan fingerprint density at radius 1 is 1.29 bits per heavy atom. The molecule has 3 aromatic heterocycles. The van der Waals surface area contributed by atoms with E-state index in [-0.39, 0.29) is 42.1 Å². The van der Waals surface area contributed by atoms with Crippen molar-refractivity contribution in [2.24, 2.45) is 0 Å². The Hall–Kier alpha value is -3.56. The normalized spacial score (nSPS) is 13.4. The Labute approximate surface area is 158 Å². The molecular weight excluding hydrogens is 367 g/mol. The van der Waals surface area contributed by atoms with Crippen molar-refractivity contribution in [3.8, 4) is 0 Å². The van der Waals surface area contributed by atoms with Crippen molar-refractivity contribution in [2.45, 2.75) is 33.0 Å². The lowest BCUT2D eigenvalue weighted by atomic mass is 10.2.